The van der Waals surface area contributed by atoms with Crippen LogP contribution < -0.4 is 16.8 Å². The fourth-order valence-corrected chi connectivity index (χ4v) is 1.91. The van der Waals surface area contributed by atoms with Crippen LogP contribution in [-0.2, 0) is 0 Å². The van der Waals surface area contributed by atoms with E-state index in [-0.39, 0.29) is 6.04 Å². The van der Waals surface area contributed by atoms with E-state index in [4.69, 9.17) is 11.5 Å². The van der Waals surface area contributed by atoms with Crippen molar-refractivity contribution in [1.82, 2.24) is 4.98 Å². The molecule has 1 atom stereocenters. The summed E-state index contributed by atoms with van der Waals surface area (Å²) in [5.41, 5.74) is 12.3. The smallest absolute Gasteiger partial charge is 0.252 e. The Labute approximate surface area is 101 Å². The number of carbonyl (C=O) groups is 1. The number of rotatable bonds is 5. The first-order valence-corrected chi connectivity index (χ1v) is 5.86. The van der Waals surface area contributed by atoms with Gasteiger partial charge in [-0.15, -0.1) is 0 Å². The van der Waals surface area contributed by atoms with Gasteiger partial charge in [-0.2, -0.15) is 0 Å². The maximum Gasteiger partial charge on any atom is 0.252 e. The van der Waals surface area contributed by atoms with Crippen molar-refractivity contribution in [2.75, 3.05) is 11.9 Å². The number of nitrogens with zero attached hydrogens (tertiary/aromatic N) is 1. The van der Waals surface area contributed by atoms with Crippen LogP contribution in [0.4, 0.5) is 5.82 Å². The molecule has 0 aromatic carbocycles. The Bertz CT molecular complexity index is 429. The minimum Gasteiger partial charge on any atom is -0.365 e. The molecular weight excluding hydrogens is 216 g/mol. The molecule has 92 valence electrons. The Balaban J connectivity index is 2.22. The van der Waals surface area contributed by atoms with E-state index in [1.54, 1.807) is 12.1 Å². The molecular formula is C12H18N4O. The fraction of sp³-hybridized carbons (Fsp3) is 0.500. The van der Waals surface area contributed by atoms with Gasteiger partial charge >= 0.3 is 0 Å². The minimum atomic E-state index is -0.466. The van der Waals surface area contributed by atoms with Crippen molar-refractivity contribution >= 4 is 11.7 Å². The molecule has 0 bridgehead atoms. The Hall–Kier alpha value is -1.62. The van der Waals surface area contributed by atoms with E-state index < -0.39 is 5.91 Å². The highest BCUT2D eigenvalue weighted by atomic mass is 16.1. The molecule has 5 heteroatoms. The number of nitrogens with two attached hydrogens (primary N) is 2. The average Bonchev–Trinajstić information content (AvgIpc) is 3.09. The summed E-state index contributed by atoms with van der Waals surface area (Å²) in [6, 6.07) is 3.66. The van der Waals surface area contributed by atoms with E-state index in [0.29, 0.717) is 23.8 Å². The maximum atomic E-state index is 11.3. The molecule has 1 saturated carbocycles. The van der Waals surface area contributed by atoms with Crippen molar-refractivity contribution in [2.45, 2.75) is 25.8 Å². The lowest BCUT2D eigenvalue weighted by atomic mass is 10.1. The van der Waals surface area contributed by atoms with Crippen molar-refractivity contribution < 1.29 is 4.79 Å². The molecule has 5 N–H and O–H groups in total. The molecule has 0 radical (unpaired) electrons. The number of carbonyl (C=O) groups excluding carboxylic acids is 1. The normalized spacial score (nSPS) is 16.6. The Morgan fingerprint density at radius 3 is 2.82 bits per heavy atom. The van der Waals surface area contributed by atoms with Crippen LogP contribution in [0.1, 0.15) is 28.9 Å². The topological polar surface area (TPSA) is 94.0 Å². The van der Waals surface area contributed by atoms with Gasteiger partial charge in [-0.1, -0.05) is 0 Å². The van der Waals surface area contributed by atoms with Crippen molar-refractivity contribution in [1.29, 1.82) is 0 Å². The third-order valence-corrected chi connectivity index (χ3v) is 3.07. The molecule has 17 heavy (non-hydrogen) atoms. The molecule has 2 rings (SSSR count). The van der Waals surface area contributed by atoms with E-state index in [2.05, 4.69) is 10.3 Å². The van der Waals surface area contributed by atoms with Gasteiger partial charge in [0.05, 0.1) is 5.56 Å². The van der Waals surface area contributed by atoms with Gasteiger partial charge in [0.2, 0.25) is 0 Å². The first kappa shape index (κ1) is 11.9. The molecule has 1 aliphatic carbocycles. The van der Waals surface area contributed by atoms with Crippen molar-refractivity contribution in [3.63, 3.8) is 0 Å². The van der Waals surface area contributed by atoms with Gasteiger partial charge in [0, 0.05) is 18.3 Å². The molecule has 1 unspecified atom stereocenters. The molecule has 1 amide bonds. The summed E-state index contributed by atoms with van der Waals surface area (Å²) in [4.78, 5) is 15.6. The summed E-state index contributed by atoms with van der Waals surface area (Å²) >= 11 is 0. The quantitative estimate of drug-likeness (QED) is 0.696. The minimum absolute atomic E-state index is 0.183. The molecule has 1 aliphatic rings. The van der Waals surface area contributed by atoms with E-state index >= 15 is 0 Å². The monoisotopic (exact) mass is 234 g/mol. The summed E-state index contributed by atoms with van der Waals surface area (Å²) in [5.74, 6) is 0.689. The molecule has 0 saturated heterocycles. The van der Waals surface area contributed by atoms with Gasteiger partial charge in [0.15, 0.2) is 0 Å². The molecule has 0 aliphatic heterocycles. The average molecular weight is 234 g/mol. The second-order valence-electron chi connectivity index (χ2n) is 4.54. The molecule has 5 nitrogen and oxygen atoms in total. The highest BCUT2D eigenvalue weighted by molar-refractivity contribution is 5.97. The third kappa shape index (κ3) is 2.74. The van der Waals surface area contributed by atoms with Gasteiger partial charge in [-0.05, 0) is 37.8 Å². The van der Waals surface area contributed by atoms with Gasteiger partial charge in [-0.3, -0.25) is 4.79 Å². The zero-order chi connectivity index (χ0) is 12.4. The SMILES string of the molecule is Cc1ccc(C(N)=O)c(NC(CN)C2CC2)n1. The standard InChI is InChI=1S/C12H18N4O/c1-7-2-5-9(11(14)17)12(15-7)16-10(6-13)8-3-4-8/h2,5,8,10H,3-4,6,13H2,1H3,(H2,14,17)(H,15,16). The van der Waals surface area contributed by atoms with Crippen LogP contribution in [0.25, 0.3) is 0 Å². The van der Waals surface area contributed by atoms with E-state index in [9.17, 15) is 4.79 Å². The first-order chi connectivity index (χ1) is 8.11. The summed E-state index contributed by atoms with van der Waals surface area (Å²) in [6.45, 7) is 2.42. The number of nitrogens with one attached hydrogen (secondary N) is 1. The molecule has 1 fully saturated rings. The van der Waals surface area contributed by atoms with Crippen LogP contribution in [-0.4, -0.2) is 23.5 Å². The lowest BCUT2D eigenvalue weighted by Gasteiger charge is -2.18. The Morgan fingerprint density at radius 2 is 2.29 bits per heavy atom. The van der Waals surface area contributed by atoms with Gasteiger partial charge < -0.3 is 16.8 Å². The maximum absolute atomic E-state index is 11.3. The number of aryl methyl sites for hydroxylation is 1. The lowest BCUT2D eigenvalue weighted by molar-refractivity contribution is 0.100. The zero-order valence-corrected chi connectivity index (χ0v) is 9.94. The van der Waals surface area contributed by atoms with Crippen LogP contribution in [0.3, 0.4) is 0 Å². The number of pyridine rings is 1. The Morgan fingerprint density at radius 1 is 1.59 bits per heavy atom. The number of aromatic nitrogens is 1. The van der Waals surface area contributed by atoms with Crippen LogP contribution in [0, 0.1) is 12.8 Å². The third-order valence-electron chi connectivity index (χ3n) is 3.07. The molecule has 1 aromatic rings. The van der Waals surface area contributed by atoms with Crippen LogP contribution in [0.5, 0.6) is 0 Å². The van der Waals surface area contributed by atoms with Crippen molar-refractivity contribution in [3.05, 3.63) is 23.4 Å². The van der Waals surface area contributed by atoms with Gasteiger partial charge in [0.25, 0.3) is 5.91 Å². The predicted molar refractivity (Wildman–Crippen MR) is 66.7 cm³/mol. The molecule has 1 heterocycles. The van der Waals surface area contributed by atoms with E-state index in [1.807, 2.05) is 6.92 Å². The summed E-state index contributed by atoms with van der Waals surface area (Å²) in [6.07, 6.45) is 2.37. The van der Waals surface area contributed by atoms with E-state index in [1.165, 1.54) is 12.8 Å². The number of anilines is 1. The highest BCUT2D eigenvalue weighted by Crippen LogP contribution is 2.34. The largest absolute Gasteiger partial charge is 0.365 e. The second kappa shape index (κ2) is 4.71. The summed E-state index contributed by atoms with van der Waals surface area (Å²) < 4.78 is 0. The molecule has 0 spiro atoms. The van der Waals surface area contributed by atoms with Gasteiger partial charge in [-0.25, -0.2) is 4.98 Å². The summed E-state index contributed by atoms with van der Waals surface area (Å²) in [5, 5.41) is 3.24. The zero-order valence-electron chi connectivity index (χ0n) is 9.94. The lowest BCUT2D eigenvalue weighted by Crippen LogP contribution is -2.32. The van der Waals surface area contributed by atoms with Gasteiger partial charge in [0.1, 0.15) is 5.82 Å². The number of hydrogen-bond acceptors (Lipinski definition) is 4. The highest BCUT2D eigenvalue weighted by Gasteiger charge is 2.31. The number of primary amides is 1. The Kier molecular flexibility index (Phi) is 3.28. The fourth-order valence-electron chi connectivity index (χ4n) is 1.91. The second-order valence-corrected chi connectivity index (χ2v) is 4.54. The molecule has 1 aromatic heterocycles. The number of amides is 1. The van der Waals surface area contributed by atoms with Crippen LogP contribution >= 0.6 is 0 Å². The van der Waals surface area contributed by atoms with Crippen molar-refractivity contribution in [3.8, 4) is 0 Å². The van der Waals surface area contributed by atoms with E-state index in [0.717, 1.165) is 5.69 Å². The predicted octanol–water partition coefficient (Wildman–Crippen LogP) is 0.638. The number of hydrogen-bond donors (Lipinski definition) is 3. The van der Waals surface area contributed by atoms with Crippen LogP contribution in [0.2, 0.25) is 0 Å². The van der Waals surface area contributed by atoms with Crippen LogP contribution in [0.15, 0.2) is 12.1 Å². The summed E-state index contributed by atoms with van der Waals surface area (Å²) in [7, 11) is 0. The van der Waals surface area contributed by atoms with Crippen molar-refractivity contribution in [2.24, 2.45) is 17.4 Å². The first-order valence-electron chi connectivity index (χ1n) is 5.86.